The molecule has 27 heavy (non-hydrogen) atoms. The normalized spacial score (nSPS) is 32.3. The summed E-state index contributed by atoms with van der Waals surface area (Å²) in [5.74, 6) is 0.880. The van der Waals surface area contributed by atoms with Crippen LogP contribution >= 0.6 is 0 Å². The van der Waals surface area contributed by atoms with E-state index in [9.17, 15) is 5.11 Å². The molecule has 1 aromatic rings. The van der Waals surface area contributed by atoms with Crippen molar-refractivity contribution in [2.75, 3.05) is 37.6 Å². The van der Waals surface area contributed by atoms with E-state index in [1.807, 2.05) is 0 Å². The Labute approximate surface area is 163 Å². The molecule has 2 aliphatic carbocycles. The summed E-state index contributed by atoms with van der Waals surface area (Å²) in [6.07, 6.45) is 11.8. The number of rotatable bonds is 4. The lowest BCUT2D eigenvalue weighted by molar-refractivity contribution is 0.0555. The van der Waals surface area contributed by atoms with Crippen LogP contribution in [0.15, 0.2) is 48.1 Å². The van der Waals surface area contributed by atoms with E-state index in [0.717, 1.165) is 50.3 Å². The zero-order valence-corrected chi connectivity index (χ0v) is 16.5. The van der Waals surface area contributed by atoms with Gasteiger partial charge in [-0.05, 0) is 67.8 Å². The molecule has 0 radical (unpaired) electrons. The summed E-state index contributed by atoms with van der Waals surface area (Å²) < 4.78 is 0. The zero-order valence-electron chi connectivity index (χ0n) is 16.5. The number of allylic oxidation sites excluding steroid dienone is 2. The number of likely N-dealkylation sites (tertiary alicyclic amines) is 1. The monoisotopic (exact) mass is 364 g/mol. The maximum Gasteiger partial charge on any atom is 0.0927 e. The summed E-state index contributed by atoms with van der Waals surface area (Å²) in [6, 6.07) is 9.39. The van der Waals surface area contributed by atoms with E-state index in [1.54, 1.807) is 5.56 Å². The van der Waals surface area contributed by atoms with Gasteiger partial charge in [0.2, 0.25) is 0 Å². The van der Waals surface area contributed by atoms with E-state index in [0.29, 0.717) is 5.41 Å². The molecule has 3 heteroatoms. The fourth-order valence-electron chi connectivity index (χ4n) is 5.66. The molecule has 2 unspecified atom stereocenters. The lowest BCUT2D eigenvalue weighted by atomic mass is 9.81. The van der Waals surface area contributed by atoms with Gasteiger partial charge in [-0.25, -0.2) is 0 Å². The van der Waals surface area contributed by atoms with Crippen LogP contribution in [0.1, 0.15) is 44.6 Å². The molecule has 3 fully saturated rings. The van der Waals surface area contributed by atoms with Gasteiger partial charge in [0.05, 0.1) is 5.60 Å². The van der Waals surface area contributed by atoms with E-state index in [-0.39, 0.29) is 0 Å². The Balaban J connectivity index is 1.25. The van der Waals surface area contributed by atoms with E-state index in [4.69, 9.17) is 0 Å². The van der Waals surface area contributed by atoms with Crippen LogP contribution in [-0.2, 0) is 5.41 Å². The number of anilines is 1. The van der Waals surface area contributed by atoms with Gasteiger partial charge in [0.15, 0.2) is 0 Å². The number of hydrogen-bond acceptors (Lipinski definition) is 3. The third-order valence-corrected chi connectivity index (χ3v) is 7.59. The summed E-state index contributed by atoms with van der Waals surface area (Å²) >= 11 is 0. The highest BCUT2D eigenvalue weighted by Crippen LogP contribution is 2.59. The molecule has 2 aliphatic heterocycles. The van der Waals surface area contributed by atoms with Gasteiger partial charge in [0.1, 0.15) is 0 Å². The van der Waals surface area contributed by atoms with Gasteiger partial charge < -0.3 is 14.9 Å². The lowest BCUT2D eigenvalue weighted by Crippen LogP contribution is -2.45. The van der Waals surface area contributed by atoms with Crippen LogP contribution in [0.2, 0.25) is 0 Å². The van der Waals surface area contributed by atoms with Crippen molar-refractivity contribution in [3.63, 3.8) is 0 Å². The van der Waals surface area contributed by atoms with Crippen molar-refractivity contribution in [1.29, 1.82) is 0 Å². The number of fused-ring (bicyclic) bond motifs is 1. The maximum atomic E-state index is 11.1. The Hall–Kier alpha value is -1.58. The highest BCUT2D eigenvalue weighted by atomic mass is 16.3. The van der Waals surface area contributed by atoms with Gasteiger partial charge in [-0.1, -0.05) is 37.3 Å². The summed E-state index contributed by atoms with van der Waals surface area (Å²) in [4.78, 5) is 5.04. The van der Waals surface area contributed by atoms with Gasteiger partial charge in [-0.3, -0.25) is 0 Å². The SMILES string of the molecule is CCN1CC2CC2(c2ccc(N3CCC(O)(C4=CCCC=C4)CC3)cc2)C1. The summed E-state index contributed by atoms with van der Waals surface area (Å²) in [7, 11) is 0. The fraction of sp³-hybridized carbons (Fsp3) is 0.583. The number of likely N-dealkylation sites (N-methyl/N-ethyl adjacent to an activating group) is 1. The predicted octanol–water partition coefficient (Wildman–Crippen LogP) is 3.89. The quantitative estimate of drug-likeness (QED) is 0.878. The van der Waals surface area contributed by atoms with Crippen LogP contribution in [0.4, 0.5) is 5.69 Å². The molecule has 1 N–H and O–H groups in total. The molecule has 0 aromatic heterocycles. The highest BCUT2D eigenvalue weighted by molar-refractivity contribution is 5.51. The van der Waals surface area contributed by atoms with Gasteiger partial charge in [-0.15, -0.1) is 0 Å². The van der Waals surface area contributed by atoms with Crippen LogP contribution in [0.5, 0.6) is 0 Å². The van der Waals surface area contributed by atoms with Crippen molar-refractivity contribution in [3.8, 4) is 0 Å². The van der Waals surface area contributed by atoms with E-state index >= 15 is 0 Å². The topological polar surface area (TPSA) is 26.7 Å². The highest BCUT2D eigenvalue weighted by Gasteiger charge is 2.60. The van der Waals surface area contributed by atoms with Gasteiger partial charge in [0, 0.05) is 37.3 Å². The zero-order chi connectivity index (χ0) is 18.5. The van der Waals surface area contributed by atoms with Gasteiger partial charge >= 0.3 is 0 Å². The predicted molar refractivity (Wildman–Crippen MR) is 111 cm³/mol. The molecule has 0 spiro atoms. The molecule has 3 nitrogen and oxygen atoms in total. The van der Waals surface area contributed by atoms with Crippen LogP contribution in [-0.4, -0.2) is 48.3 Å². The molecular weight excluding hydrogens is 332 g/mol. The summed E-state index contributed by atoms with van der Waals surface area (Å²) in [5.41, 5.74) is 3.83. The maximum absolute atomic E-state index is 11.1. The molecule has 5 rings (SSSR count). The summed E-state index contributed by atoms with van der Waals surface area (Å²) in [6.45, 7) is 7.84. The second kappa shape index (κ2) is 6.49. The third-order valence-electron chi connectivity index (χ3n) is 7.59. The van der Waals surface area contributed by atoms with Crippen LogP contribution in [0.25, 0.3) is 0 Å². The van der Waals surface area contributed by atoms with Crippen molar-refractivity contribution in [2.24, 2.45) is 5.92 Å². The molecule has 1 aromatic carbocycles. The Bertz CT molecular complexity index is 757. The van der Waals surface area contributed by atoms with Crippen LogP contribution in [0.3, 0.4) is 0 Å². The first-order chi connectivity index (χ1) is 13.1. The molecule has 144 valence electrons. The van der Waals surface area contributed by atoms with Gasteiger partial charge in [0.25, 0.3) is 0 Å². The van der Waals surface area contributed by atoms with E-state index < -0.39 is 5.60 Å². The minimum absolute atomic E-state index is 0.455. The number of benzene rings is 1. The molecule has 2 heterocycles. The fourth-order valence-corrected chi connectivity index (χ4v) is 5.66. The Kier molecular flexibility index (Phi) is 4.21. The van der Waals surface area contributed by atoms with Crippen LogP contribution < -0.4 is 4.90 Å². The molecule has 0 amide bonds. The molecule has 2 saturated heterocycles. The molecule has 4 aliphatic rings. The molecule has 0 bridgehead atoms. The average molecular weight is 365 g/mol. The number of piperidine rings is 2. The lowest BCUT2D eigenvalue weighted by Gasteiger charge is -2.40. The van der Waals surface area contributed by atoms with E-state index in [2.05, 4.69) is 59.2 Å². The molecule has 1 saturated carbocycles. The third kappa shape index (κ3) is 2.96. The van der Waals surface area contributed by atoms with Crippen molar-refractivity contribution < 1.29 is 5.11 Å². The van der Waals surface area contributed by atoms with Crippen molar-refractivity contribution in [3.05, 3.63) is 53.6 Å². The first kappa shape index (κ1) is 17.5. The van der Waals surface area contributed by atoms with Crippen molar-refractivity contribution >= 4 is 5.69 Å². The summed E-state index contributed by atoms with van der Waals surface area (Å²) in [5, 5.41) is 11.1. The Morgan fingerprint density at radius 3 is 2.52 bits per heavy atom. The number of hydrogen-bond donors (Lipinski definition) is 1. The van der Waals surface area contributed by atoms with Crippen LogP contribution in [0, 0.1) is 5.92 Å². The minimum Gasteiger partial charge on any atom is -0.385 e. The molecule has 2 atom stereocenters. The number of nitrogens with zero attached hydrogens (tertiary/aromatic N) is 2. The second-order valence-corrected chi connectivity index (χ2v) is 9.09. The average Bonchev–Trinajstić information content (AvgIpc) is 3.30. The van der Waals surface area contributed by atoms with Crippen molar-refractivity contribution in [1.82, 2.24) is 4.90 Å². The Morgan fingerprint density at radius 2 is 1.89 bits per heavy atom. The molecular formula is C24H32N2O. The number of aliphatic hydroxyl groups is 1. The van der Waals surface area contributed by atoms with Crippen molar-refractivity contribution in [2.45, 2.75) is 50.0 Å². The smallest absolute Gasteiger partial charge is 0.0927 e. The van der Waals surface area contributed by atoms with Gasteiger partial charge in [-0.2, -0.15) is 0 Å². The minimum atomic E-state index is -0.624. The Morgan fingerprint density at radius 1 is 1.11 bits per heavy atom. The van der Waals surface area contributed by atoms with E-state index in [1.165, 1.54) is 31.7 Å². The first-order valence-electron chi connectivity index (χ1n) is 10.8. The largest absolute Gasteiger partial charge is 0.385 e. The second-order valence-electron chi connectivity index (χ2n) is 9.09. The first-order valence-corrected chi connectivity index (χ1v) is 10.8. The standard InChI is InChI=1S/C24H32N2O/c1-2-25-17-21-16-23(21,18-25)19-8-10-22(11-9-19)26-14-12-24(27,13-15-26)20-6-4-3-5-7-20/h4,6-11,21,27H,2-3,5,12-18H2,1H3.